The van der Waals surface area contributed by atoms with Gasteiger partial charge in [-0.15, -0.1) is 0 Å². The van der Waals surface area contributed by atoms with E-state index in [0.29, 0.717) is 17.8 Å². The van der Waals surface area contributed by atoms with E-state index in [1.54, 1.807) is 14.0 Å². The highest BCUT2D eigenvalue weighted by Crippen LogP contribution is 2.44. The van der Waals surface area contributed by atoms with Crippen LogP contribution in [0.3, 0.4) is 0 Å². The largest absolute Gasteiger partial charge is 0.442 e. The Hall–Kier alpha value is -2.33. The minimum atomic E-state index is -4.76. The fourth-order valence-electron chi connectivity index (χ4n) is 3.00. The summed E-state index contributed by atoms with van der Waals surface area (Å²) in [5.41, 5.74) is 0.0444. The standard InChI is InChI=1S/C19H18ClF3N2O4S/c1-10(9-20)29-18-15(16(11-4-5-11)24-25(18)2)17(26)13-7-6-12(19(21,22)23)8-14(13)30(3,27)28/h6-9,11H,4-5H2,1-3H3. The van der Waals surface area contributed by atoms with E-state index in [4.69, 9.17) is 16.3 Å². The average molecular weight is 463 g/mol. The van der Waals surface area contributed by atoms with Crippen molar-refractivity contribution in [2.24, 2.45) is 7.05 Å². The number of hydrogen-bond donors (Lipinski definition) is 0. The van der Waals surface area contributed by atoms with E-state index in [2.05, 4.69) is 5.10 Å². The van der Waals surface area contributed by atoms with Crippen LogP contribution in [0.4, 0.5) is 13.2 Å². The van der Waals surface area contributed by atoms with Crippen LogP contribution in [-0.2, 0) is 23.1 Å². The molecule has 162 valence electrons. The highest BCUT2D eigenvalue weighted by Gasteiger charge is 2.38. The minimum absolute atomic E-state index is 0.0103. The molecule has 0 atom stereocenters. The van der Waals surface area contributed by atoms with Crippen LogP contribution in [0, 0.1) is 0 Å². The summed E-state index contributed by atoms with van der Waals surface area (Å²) in [6.07, 6.45) is -2.44. The molecule has 0 saturated heterocycles. The maximum absolute atomic E-state index is 13.4. The molecule has 2 aromatic rings. The van der Waals surface area contributed by atoms with Crippen molar-refractivity contribution in [2.75, 3.05) is 6.26 Å². The summed E-state index contributed by atoms with van der Waals surface area (Å²) in [5.74, 6) is -0.497. The number of ether oxygens (including phenoxy) is 1. The molecule has 1 fully saturated rings. The monoisotopic (exact) mass is 462 g/mol. The zero-order valence-electron chi connectivity index (χ0n) is 16.2. The van der Waals surface area contributed by atoms with Crippen LogP contribution in [-0.4, -0.2) is 30.2 Å². The maximum atomic E-state index is 13.4. The van der Waals surface area contributed by atoms with E-state index < -0.39 is 32.3 Å². The lowest BCUT2D eigenvalue weighted by molar-refractivity contribution is -0.137. The molecular formula is C19H18ClF3N2O4S. The molecule has 0 radical (unpaired) electrons. The Morgan fingerprint density at radius 1 is 1.33 bits per heavy atom. The first-order valence-corrected chi connectivity index (χ1v) is 11.1. The number of rotatable bonds is 6. The van der Waals surface area contributed by atoms with Crippen molar-refractivity contribution >= 4 is 27.2 Å². The van der Waals surface area contributed by atoms with Gasteiger partial charge in [0.05, 0.1) is 16.2 Å². The lowest BCUT2D eigenvalue weighted by Gasteiger charge is -2.13. The number of halogens is 4. The Kier molecular flexibility index (Phi) is 5.76. The van der Waals surface area contributed by atoms with Gasteiger partial charge in [0.1, 0.15) is 11.3 Å². The summed E-state index contributed by atoms with van der Waals surface area (Å²) < 4.78 is 70.7. The average Bonchev–Trinajstić information content (AvgIpc) is 3.44. The van der Waals surface area contributed by atoms with Gasteiger partial charge in [0.15, 0.2) is 9.84 Å². The molecule has 1 aromatic heterocycles. The zero-order chi connectivity index (χ0) is 22.4. The predicted octanol–water partition coefficient (Wildman–Crippen LogP) is 4.43. The van der Waals surface area contributed by atoms with Crippen LogP contribution >= 0.6 is 11.6 Å². The van der Waals surface area contributed by atoms with E-state index in [-0.39, 0.29) is 28.7 Å². The number of aryl methyl sites for hydroxylation is 1. The fraction of sp³-hybridized carbons (Fsp3) is 0.368. The number of hydrogen-bond acceptors (Lipinski definition) is 5. The Bertz CT molecular complexity index is 1150. The summed E-state index contributed by atoms with van der Waals surface area (Å²) in [6, 6.07) is 2.03. The molecule has 0 N–H and O–H groups in total. The quantitative estimate of drug-likeness (QED) is 0.469. The van der Waals surface area contributed by atoms with Gasteiger partial charge in [-0.1, -0.05) is 11.6 Å². The molecule has 1 aromatic carbocycles. The number of sulfone groups is 1. The summed E-state index contributed by atoms with van der Waals surface area (Å²) in [7, 11) is -2.60. The van der Waals surface area contributed by atoms with Gasteiger partial charge in [-0.05, 0) is 38.0 Å². The molecule has 0 amide bonds. The van der Waals surface area contributed by atoms with Gasteiger partial charge in [0.25, 0.3) is 0 Å². The number of alkyl halides is 3. The van der Waals surface area contributed by atoms with Crippen molar-refractivity contribution in [2.45, 2.75) is 36.8 Å². The Labute approximate surface area is 176 Å². The van der Waals surface area contributed by atoms with Crippen molar-refractivity contribution in [3.63, 3.8) is 0 Å². The first-order valence-electron chi connectivity index (χ1n) is 8.82. The lowest BCUT2D eigenvalue weighted by Crippen LogP contribution is -2.14. The smallest absolute Gasteiger partial charge is 0.416 e. The van der Waals surface area contributed by atoms with Gasteiger partial charge < -0.3 is 4.74 Å². The molecule has 6 nitrogen and oxygen atoms in total. The molecule has 1 saturated carbocycles. The topological polar surface area (TPSA) is 78.3 Å². The first-order chi connectivity index (χ1) is 13.8. The normalized spacial score (nSPS) is 15.4. The summed E-state index contributed by atoms with van der Waals surface area (Å²) in [4.78, 5) is 12.7. The number of aromatic nitrogens is 2. The third kappa shape index (κ3) is 4.39. The molecule has 1 aliphatic rings. The molecule has 0 bridgehead atoms. The second-order valence-electron chi connectivity index (χ2n) is 7.10. The number of allylic oxidation sites excluding steroid dienone is 1. The molecular weight excluding hydrogens is 445 g/mol. The summed E-state index contributed by atoms with van der Waals surface area (Å²) in [6.45, 7) is 1.55. The number of nitrogens with zero attached hydrogens (tertiary/aromatic N) is 2. The number of benzene rings is 1. The lowest BCUT2D eigenvalue weighted by atomic mass is 10.00. The molecule has 11 heteroatoms. The van der Waals surface area contributed by atoms with Crippen LogP contribution in [0.25, 0.3) is 0 Å². The van der Waals surface area contributed by atoms with E-state index in [0.717, 1.165) is 30.7 Å². The Morgan fingerprint density at radius 2 is 1.97 bits per heavy atom. The fourth-order valence-corrected chi connectivity index (χ4v) is 3.95. The minimum Gasteiger partial charge on any atom is -0.442 e. The molecule has 3 rings (SSSR count). The molecule has 0 spiro atoms. The first kappa shape index (κ1) is 22.4. The maximum Gasteiger partial charge on any atom is 0.416 e. The van der Waals surface area contributed by atoms with Crippen LogP contribution in [0.15, 0.2) is 34.4 Å². The summed E-state index contributed by atoms with van der Waals surface area (Å²) >= 11 is 5.64. The molecule has 1 aliphatic carbocycles. The SMILES string of the molecule is CC(=CCl)Oc1c(C(=O)c2ccc(C(F)(F)F)cc2S(C)(=O)=O)c(C2CC2)nn1C. The second kappa shape index (κ2) is 7.73. The second-order valence-corrected chi connectivity index (χ2v) is 9.30. The van der Waals surface area contributed by atoms with Crippen molar-refractivity contribution in [3.8, 4) is 5.88 Å². The molecule has 0 aliphatic heterocycles. The van der Waals surface area contributed by atoms with E-state index >= 15 is 0 Å². The Balaban J connectivity index is 2.22. The third-order valence-corrected chi connectivity index (χ3v) is 6.02. The molecule has 30 heavy (non-hydrogen) atoms. The molecule has 0 unspecified atom stereocenters. The van der Waals surface area contributed by atoms with E-state index in [1.807, 2.05) is 0 Å². The van der Waals surface area contributed by atoms with Crippen LogP contribution < -0.4 is 4.74 Å². The number of carbonyl (C=O) groups is 1. The van der Waals surface area contributed by atoms with Crippen molar-refractivity contribution in [1.29, 1.82) is 0 Å². The molecule has 1 heterocycles. The van der Waals surface area contributed by atoms with Crippen LogP contribution in [0.5, 0.6) is 5.88 Å². The summed E-state index contributed by atoms with van der Waals surface area (Å²) in [5, 5.41) is 4.33. The van der Waals surface area contributed by atoms with Gasteiger partial charge >= 0.3 is 6.18 Å². The Morgan fingerprint density at radius 3 is 2.47 bits per heavy atom. The number of ketones is 1. The van der Waals surface area contributed by atoms with Crippen molar-refractivity contribution < 1.29 is 31.1 Å². The van der Waals surface area contributed by atoms with Gasteiger partial charge in [0, 0.05) is 30.3 Å². The van der Waals surface area contributed by atoms with Crippen LogP contribution in [0.2, 0.25) is 0 Å². The number of carbonyl (C=O) groups excluding carboxylic acids is 1. The van der Waals surface area contributed by atoms with Gasteiger partial charge in [-0.25, -0.2) is 13.1 Å². The zero-order valence-corrected chi connectivity index (χ0v) is 17.8. The van der Waals surface area contributed by atoms with Crippen molar-refractivity contribution in [1.82, 2.24) is 9.78 Å². The predicted molar refractivity (Wildman–Crippen MR) is 103 cm³/mol. The van der Waals surface area contributed by atoms with Gasteiger partial charge in [0.2, 0.25) is 11.7 Å². The van der Waals surface area contributed by atoms with Crippen molar-refractivity contribution in [3.05, 3.63) is 51.9 Å². The third-order valence-electron chi connectivity index (χ3n) is 4.58. The van der Waals surface area contributed by atoms with Gasteiger partial charge in [-0.3, -0.25) is 4.79 Å². The van der Waals surface area contributed by atoms with E-state index in [9.17, 15) is 26.4 Å². The van der Waals surface area contributed by atoms with Crippen LogP contribution in [0.1, 0.15) is 52.9 Å². The van der Waals surface area contributed by atoms with E-state index in [1.165, 1.54) is 4.68 Å². The van der Waals surface area contributed by atoms with Gasteiger partial charge in [-0.2, -0.15) is 18.3 Å². The highest BCUT2D eigenvalue weighted by atomic mass is 35.5. The highest BCUT2D eigenvalue weighted by molar-refractivity contribution is 7.90.